The van der Waals surface area contributed by atoms with Gasteiger partial charge in [-0.25, -0.2) is 0 Å². The number of benzene rings is 2. The first-order valence-corrected chi connectivity index (χ1v) is 24.4. The summed E-state index contributed by atoms with van der Waals surface area (Å²) in [4.78, 5) is 97.9. The van der Waals surface area contributed by atoms with Gasteiger partial charge in [-0.2, -0.15) is 8.42 Å². The van der Waals surface area contributed by atoms with Crippen LogP contribution in [0, 0.1) is 24.2 Å². The Morgan fingerprint density at radius 3 is 1.87 bits per heavy atom. The molecule has 5 atom stereocenters. The SMILES string of the molecule is C#CCNC(=O)CCC(=O)OC(C)(COS(C)(=O)=O)C(=O)[C@H](CC(C)C)NC(=O)[C@H](Cc1ccccc1)NC(=O)[C@H](CC(C)C)NC(=O)[C@H](CCc1ccccc1)NC(=O)CN1CCOCC1. The number of ketones is 1. The van der Waals surface area contributed by atoms with Gasteiger partial charge in [0, 0.05) is 25.9 Å². The summed E-state index contributed by atoms with van der Waals surface area (Å²) < 4.78 is 40.2. The number of amides is 5. The van der Waals surface area contributed by atoms with Crippen LogP contribution in [0.1, 0.15) is 77.8 Å². The van der Waals surface area contributed by atoms with Crippen molar-refractivity contribution in [3.8, 4) is 12.3 Å². The van der Waals surface area contributed by atoms with Crippen LogP contribution in [0.3, 0.4) is 0 Å². The van der Waals surface area contributed by atoms with Gasteiger partial charge in [-0.3, -0.25) is 42.6 Å². The van der Waals surface area contributed by atoms with Gasteiger partial charge in [0.2, 0.25) is 35.3 Å². The average molecular weight is 953 g/mol. The lowest BCUT2D eigenvalue weighted by Crippen LogP contribution is -2.60. The Bertz CT molecular complexity index is 2110. The molecule has 1 unspecified atom stereocenters. The molecule has 2 aromatic carbocycles. The van der Waals surface area contributed by atoms with E-state index in [0.717, 1.165) is 18.7 Å². The molecule has 1 aliphatic rings. The predicted octanol–water partition coefficient (Wildman–Crippen LogP) is 1.60. The van der Waals surface area contributed by atoms with Crippen molar-refractivity contribution in [2.45, 2.75) is 109 Å². The number of ether oxygens (including phenoxy) is 2. The molecule has 0 aliphatic carbocycles. The molecule has 1 fully saturated rings. The number of hydrogen-bond donors (Lipinski definition) is 5. The molecule has 18 nitrogen and oxygen atoms in total. The zero-order chi connectivity index (χ0) is 49.6. The highest BCUT2D eigenvalue weighted by Gasteiger charge is 2.44. The molecular weight excluding hydrogens is 885 g/mol. The van der Waals surface area contributed by atoms with E-state index in [4.69, 9.17) is 20.1 Å². The van der Waals surface area contributed by atoms with Crippen molar-refractivity contribution >= 4 is 51.4 Å². The maximum absolute atomic E-state index is 14.5. The minimum atomic E-state index is -4.17. The summed E-state index contributed by atoms with van der Waals surface area (Å²) in [6.07, 6.45) is 5.88. The van der Waals surface area contributed by atoms with Crippen molar-refractivity contribution in [3.05, 3.63) is 71.8 Å². The Balaban J connectivity index is 1.92. The molecule has 3 rings (SSSR count). The summed E-state index contributed by atoms with van der Waals surface area (Å²) in [6, 6.07) is 13.3. The highest BCUT2D eigenvalue weighted by molar-refractivity contribution is 7.86. The number of esters is 1. The minimum Gasteiger partial charge on any atom is -0.449 e. The van der Waals surface area contributed by atoms with Crippen LogP contribution in [0.5, 0.6) is 0 Å². The van der Waals surface area contributed by atoms with Crippen molar-refractivity contribution in [2.75, 3.05) is 52.3 Å². The van der Waals surface area contributed by atoms with Crippen LogP contribution in [0.4, 0.5) is 0 Å². The number of carbonyl (C=O) groups excluding carboxylic acids is 7. The van der Waals surface area contributed by atoms with Crippen LogP contribution in [0.2, 0.25) is 0 Å². The zero-order valence-corrected chi connectivity index (χ0v) is 40.3. The quantitative estimate of drug-likeness (QED) is 0.0463. The first-order chi connectivity index (χ1) is 31.7. The Morgan fingerprint density at radius 2 is 1.28 bits per heavy atom. The molecule has 2 aromatic rings. The summed E-state index contributed by atoms with van der Waals surface area (Å²) in [6.45, 7) is 9.58. The number of carbonyl (C=O) groups is 7. The van der Waals surface area contributed by atoms with E-state index >= 15 is 0 Å². The molecule has 0 spiro atoms. The molecule has 5 N–H and O–H groups in total. The summed E-state index contributed by atoms with van der Waals surface area (Å²) in [5.41, 5.74) is -0.678. The number of terminal acetylenes is 1. The molecule has 19 heteroatoms. The van der Waals surface area contributed by atoms with Crippen LogP contribution in [0.25, 0.3) is 0 Å². The van der Waals surface area contributed by atoms with Crippen LogP contribution in [-0.2, 0) is 70.2 Å². The van der Waals surface area contributed by atoms with E-state index in [1.54, 1.807) is 44.2 Å². The minimum absolute atomic E-state index is 0.00918. The van der Waals surface area contributed by atoms with Crippen LogP contribution < -0.4 is 26.6 Å². The van der Waals surface area contributed by atoms with Crippen molar-refractivity contribution < 1.29 is 55.6 Å². The third-order valence-corrected chi connectivity index (χ3v) is 11.2. The molecule has 0 bridgehead atoms. The third-order valence-electron chi connectivity index (χ3n) is 10.6. The van der Waals surface area contributed by atoms with E-state index in [1.807, 2.05) is 49.1 Å². The molecule has 67 heavy (non-hydrogen) atoms. The van der Waals surface area contributed by atoms with Gasteiger partial charge >= 0.3 is 5.97 Å². The van der Waals surface area contributed by atoms with E-state index in [0.29, 0.717) is 38.3 Å². The Hall–Kier alpha value is -5.68. The Labute approximate surface area is 394 Å². The van der Waals surface area contributed by atoms with Gasteiger partial charge in [-0.15, -0.1) is 6.42 Å². The fourth-order valence-corrected chi connectivity index (χ4v) is 7.64. The summed E-state index contributed by atoms with van der Waals surface area (Å²) in [7, 11) is -4.17. The number of morpholine rings is 1. The summed E-state index contributed by atoms with van der Waals surface area (Å²) in [5.74, 6) is -3.06. The first kappa shape index (κ1) is 55.6. The second kappa shape index (κ2) is 27.8. The molecule has 5 amide bonds. The Kier molecular flexibility index (Phi) is 23.1. The third kappa shape index (κ3) is 21.2. The second-order valence-corrected chi connectivity index (χ2v) is 19.3. The Morgan fingerprint density at radius 1 is 0.746 bits per heavy atom. The summed E-state index contributed by atoms with van der Waals surface area (Å²) >= 11 is 0. The predicted molar refractivity (Wildman–Crippen MR) is 250 cm³/mol. The number of rotatable bonds is 28. The standard InChI is InChI=1S/C48H68N6O12S/c1-8-23-49-41(55)21-22-43(57)66-48(6,32-65-67(7,62)63)44(58)38(28-33(2)3)51-47(61)40(30-36-17-13-10-14-18-36)53-46(60)39(29-34(4)5)52-45(59)37(20-19-35-15-11-9-12-16-35)50-42(56)31-54-24-26-64-27-25-54/h1,9-18,33-34,37-40H,19-32H2,2-7H3,(H,49,55)(H,50,56)(H,51,61)(H,52,59)(H,53,60)/t37-,38-,39-,40-,48?/m0/s1. The summed E-state index contributed by atoms with van der Waals surface area (Å²) in [5, 5.41) is 13.7. The van der Waals surface area contributed by atoms with Crippen LogP contribution in [-0.4, -0.2) is 137 Å². The first-order valence-electron chi connectivity index (χ1n) is 22.6. The van der Waals surface area contributed by atoms with Gasteiger partial charge in [0.1, 0.15) is 24.7 Å². The highest BCUT2D eigenvalue weighted by Crippen LogP contribution is 2.22. The molecule has 0 aromatic heterocycles. The normalized spacial score (nSPS) is 15.7. The maximum atomic E-state index is 14.5. The van der Waals surface area contributed by atoms with Gasteiger partial charge < -0.3 is 36.1 Å². The zero-order valence-electron chi connectivity index (χ0n) is 39.5. The topological polar surface area (TPSA) is 245 Å². The number of nitrogens with zero attached hydrogens (tertiary/aromatic N) is 1. The molecule has 368 valence electrons. The molecule has 0 radical (unpaired) electrons. The molecule has 1 aliphatic heterocycles. The van der Waals surface area contributed by atoms with Crippen molar-refractivity contribution in [2.24, 2.45) is 11.8 Å². The van der Waals surface area contributed by atoms with E-state index in [-0.39, 0.29) is 62.9 Å². The largest absolute Gasteiger partial charge is 0.449 e. The molecule has 0 saturated carbocycles. The molecule has 1 heterocycles. The van der Waals surface area contributed by atoms with Crippen molar-refractivity contribution in [3.63, 3.8) is 0 Å². The lowest BCUT2D eigenvalue weighted by molar-refractivity contribution is -0.170. The number of hydrogen-bond acceptors (Lipinski definition) is 13. The maximum Gasteiger partial charge on any atom is 0.307 e. The van der Waals surface area contributed by atoms with Crippen molar-refractivity contribution in [1.82, 2.24) is 31.5 Å². The van der Waals surface area contributed by atoms with Gasteiger partial charge in [0.05, 0.1) is 45.0 Å². The van der Waals surface area contributed by atoms with Crippen LogP contribution >= 0.6 is 0 Å². The molecule has 1 saturated heterocycles. The smallest absolute Gasteiger partial charge is 0.307 e. The van der Waals surface area contributed by atoms with Gasteiger partial charge in [0.25, 0.3) is 10.1 Å². The van der Waals surface area contributed by atoms with Gasteiger partial charge in [0.15, 0.2) is 5.60 Å². The van der Waals surface area contributed by atoms with Crippen LogP contribution in [0.15, 0.2) is 60.7 Å². The van der Waals surface area contributed by atoms with Crippen molar-refractivity contribution in [1.29, 1.82) is 0 Å². The van der Waals surface area contributed by atoms with E-state index in [9.17, 15) is 42.0 Å². The number of Topliss-reactive ketones (excluding diaryl/α,β-unsaturated/α-hetero) is 1. The number of nitrogens with one attached hydrogen (secondary N) is 5. The van der Waals surface area contributed by atoms with Gasteiger partial charge in [-0.1, -0.05) is 94.3 Å². The average Bonchev–Trinajstić information content (AvgIpc) is 3.27. The highest BCUT2D eigenvalue weighted by atomic mass is 32.2. The van der Waals surface area contributed by atoms with Gasteiger partial charge in [-0.05, 0) is 55.6 Å². The molecular formula is C48H68N6O12S. The fourth-order valence-electron chi connectivity index (χ4n) is 7.20. The lowest BCUT2D eigenvalue weighted by atomic mass is 9.89. The lowest BCUT2D eigenvalue weighted by Gasteiger charge is -2.33. The fraction of sp³-hybridized carbons (Fsp3) is 0.562. The van der Waals surface area contributed by atoms with E-state index in [2.05, 4.69) is 32.5 Å². The van der Waals surface area contributed by atoms with E-state index in [1.165, 1.54) is 0 Å². The number of aryl methyl sites for hydroxylation is 1. The monoisotopic (exact) mass is 952 g/mol. The second-order valence-electron chi connectivity index (χ2n) is 17.7. The van der Waals surface area contributed by atoms with E-state index < -0.39 is 88.3 Å².